The molecule has 1 rings (SSSR count). The summed E-state index contributed by atoms with van der Waals surface area (Å²) in [6, 6.07) is 3.17. The number of carbonyl (C=O) groups is 2. The molecule has 0 bridgehead atoms. The summed E-state index contributed by atoms with van der Waals surface area (Å²) in [6.07, 6.45) is 1.32. The molecule has 8 heteroatoms. The van der Waals surface area contributed by atoms with Gasteiger partial charge >= 0.3 is 5.97 Å². The molecular weight excluding hydrogens is 244 g/mol. The van der Waals surface area contributed by atoms with Crippen LogP contribution in [0.5, 0.6) is 5.75 Å². The minimum absolute atomic E-state index is 0.141. The van der Waals surface area contributed by atoms with Gasteiger partial charge in [0.15, 0.2) is 0 Å². The molecule has 0 aliphatic carbocycles. The summed E-state index contributed by atoms with van der Waals surface area (Å²) in [5.41, 5.74) is -0.634. The van der Waals surface area contributed by atoms with E-state index in [1.165, 1.54) is 0 Å². The molecule has 0 unspecified atom stereocenters. The monoisotopic (exact) mass is 252 g/mol. The number of hydrogen-bond acceptors (Lipinski definition) is 5. The Labute approximate surface area is 100 Å². The highest BCUT2D eigenvalue weighted by atomic mass is 16.6. The molecule has 0 aliphatic rings. The number of benzene rings is 1. The van der Waals surface area contributed by atoms with Crippen molar-refractivity contribution in [3.05, 3.63) is 40.5 Å². The van der Waals surface area contributed by atoms with Gasteiger partial charge in [-0.1, -0.05) is 0 Å². The number of carboxylic acids is 1. The number of nitrogens with one attached hydrogen (secondary N) is 1. The lowest BCUT2D eigenvalue weighted by Gasteiger charge is -2.03. The molecule has 8 nitrogen and oxygen atoms in total. The molecule has 0 radical (unpaired) electrons. The van der Waals surface area contributed by atoms with E-state index in [0.717, 1.165) is 24.3 Å². The molecule has 1 aromatic carbocycles. The molecule has 0 saturated carbocycles. The lowest BCUT2D eigenvalue weighted by Crippen LogP contribution is -2.10. The molecule has 0 atom stereocenters. The Balaban J connectivity index is 2.94. The first-order valence-corrected chi connectivity index (χ1v) is 4.59. The third kappa shape index (κ3) is 3.59. The number of phenolic OH excluding ortho intramolecular Hbond substituents is 1. The fourth-order valence-corrected chi connectivity index (χ4v) is 1.10. The number of carbonyl (C=O) groups excluding carboxylic acids is 1. The second-order valence-electron chi connectivity index (χ2n) is 3.12. The minimum atomic E-state index is -1.31. The third-order valence-corrected chi connectivity index (χ3v) is 1.81. The number of carboxylic acid groups (broad SMARTS) is 1. The number of hydrogen-bond donors (Lipinski definition) is 3. The SMILES string of the molecule is O=C(O)/C=C/C(=O)Nc1ccc(O)cc1[N+](=O)[O-]. The van der Waals surface area contributed by atoms with Crippen molar-refractivity contribution in [1.82, 2.24) is 0 Å². The van der Waals surface area contributed by atoms with Gasteiger partial charge in [-0.3, -0.25) is 14.9 Å². The summed E-state index contributed by atoms with van der Waals surface area (Å²) < 4.78 is 0. The summed E-state index contributed by atoms with van der Waals surface area (Å²) in [6.45, 7) is 0. The van der Waals surface area contributed by atoms with Crippen molar-refractivity contribution in [1.29, 1.82) is 0 Å². The summed E-state index contributed by atoms with van der Waals surface area (Å²) in [4.78, 5) is 31.3. The fourth-order valence-electron chi connectivity index (χ4n) is 1.10. The maximum atomic E-state index is 11.2. The number of nitro groups is 1. The predicted octanol–water partition coefficient (Wildman–Crippen LogP) is 0.880. The van der Waals surface area contributed by atoms with Gasteiger partial charge in [-0.2, -0.15) is 0 Å². The van der Waals surface area contributed by atoms with Crippen molar-refractivity contribution in [2.24, 2.45) is 0 Å². The number of aliphatic carboxylic acids is 1. The number of amides is 1. The van der Waals surface area contributed by atoms with Crippen LogP contribution in [-0.4, -0.2) is 27.0 Å². The van der Waals surface area contributed by atoms with E-state index in [2.05, 4.69) is 5.32 Å². The number of phenols is 1. The normalized spacial score (nSPS) is 10.2. The Kier molecular flexibility index (Phi) is 3.98. The van der Waals surface area contributed by atoms with Gasteiger partial charge in [0.25, 0.3) is 5.69 Å². The minimum Gasteiger partial charge on any atom is -0.508 e. The van der Waals surface area contributed by atoms with E-state index in [9.17, 15) is 19.7 Å². The first-order chi connectivity index (χ1) is 8.40. The quantitative estimate of drug-likeness (QED) is 0.315. The van der Waals surface area contributed by atoms with E-state index in [1.54, 1.807) is 0 Å². The molecule has 0 spiro atoms. The first kappa shape index (κ1) is 13.2. The van der Waals surface area contributed by atoms with Crippen molar-refractivity contribution < 1.29 is 24.7 Å². The maximum absolute atomic E-state index is 11.2. The fraction of sp³-hybridized carbons (Fsp3) is 0. The molecule has 3 N–H and O–H groups in total. The number of nitro benzene ring substituents is 1. The van der Waals surface area contributed by atoms with Crippen LogP contribution in [0, 0.1) is 10.1 Å². The summed E-state index contributed by atoms with van der Waals surface area (Å²) >= 11 is 0. The summed E-state index contributed by atoms with van der Waals surface area (Å²) in [5, 5.41) is 30.2. The molecule has 0 aliphatic heterocycles. The highest BCUT2D eigenvalue weighted by molar-refractivity contribution is 6.03. The molecule has 1 amide bonds. The molecule has 94 valence electrons. The lowest BCUT2D eigenvalue weighted by molar-refractivity contribution is -0.384. The second kappa shape index (κ2) is 5.43. The van der Waals surface area contributed by atoms with Gasteiger partial charge in [0.1, 0.15) is 11.4 Å². The van der Waals surface area contributed by atoms with Gasteiger partial charge < -0.3 is 15.5 Å². The Morgan fingerprint density at radius 3 is 2.56 bits per heavy atom. The second-order valence-corrected chi connectivity index (χ2v) is 3.12. The third-order valence-electron chi connectivity index (χ3n) is 1.81. The van der Waals surface area contributed by atoms with E-state index in [-0.39, 0.29) is 11.4 Å². The smallest absolute Gasteiger partial charge is 0.328 e. The van der Waals surface area contributed by atoms with Crippen molar-refractivity contribution in [3.8, 4) is 5.75 Å². The van der Waals surface area contributed by atoms with E-state index >= 15 is 0 Å². The van der Waals surface area contributed by atoms with E-state index in [0.29, 0.717) is 6.08 Å². The van der Waals surface area contributed by atoms with E-state index < -0.39 is 22.5 Å². The maximum Gasteiger partial charge on any atom is 0.328 e. The van der Waals surface area contributed by atoms with Gasteiger partial charge in [0.05, 0.1) is 11.0 Å². The lowest BCUT2D eigenvalue weighted by atomic mass is 10.2. The highest BCUT2D eigenvalue weighted by Gasteiger charge is 2.15. The van der Waals surface area contributed by atoms with Gasteiger partial charge in [0, 0.05) is 12.2 Å². The van der Waals surface area contributed by atoms with Gasteiger partial charge in [-0.05, 0) is 12.1 Å². The first-order valence-electron chi connectivity index (χ1n) is 4.59. The molecular formula is C10H8N2O6. The van der Waals surface area contributed by atoms with Gasteiger partial charge in [-0.25, -0.2) is 4.79 Å². The van der Waals surface area contributed by atoms with Crippen molar-refractivity contribution in [3.63, 3.8) is 0 Å². The van der Waals surface area contributed by atoms with Crippen LogP contribution in [0.1, 0.15) is 0 Å². The molecule has 1 aromatic rings. The zero-order chi connectivity index (χ0) is 13.7. The van der Waals surface area contributed by atoms with Crippen LogP contribution in [-0.2, 0) is 9.59 Å². The van der Waals surface area contributed by atoms with Crippen LogP contribution >= 0.6 is 0 Å². The van der Waals surface area contributed by atoms with Crippen LogP contribution in [0.2, 0.25) is 0 Å². The van der Waals surface area contributed by atoms with Crippen molar-refractivity contribution in [2.45, 2.75) is 0 Å². The molecule has 0 saturated heterocycles. The summed E-state index contributed by atoms with van der Waals surface area (Å²) in [5.74, 6) is -2.46. The Morgan fingerprint density at radius 1 is 1.33 bits per heavy atom. The molecule has 0 aromatic heterocycles. The van der Waals surface area contributed by atoms with Crippen LogP contribution < -0.4 is 5.32 Å². The zero-order valence-electron chi connectivity index (χ0n) is 8.86. The number of aromatic hydroxyl groups is 1. The number of anilines is 1. The predicted molar refractivity (Wildman–Crippen MR) is 60.2 cm³/mol. The number of nitrogens with zero attached hydrogens (tertiary/aromatic N) is 1. The number of rotatable bonds is 4. The summed E-state index contributed by atoms with van der Waals surface area (Å²) in [7, 11) is 0. The molecule has 18 heavy (non-hydrogen) atoms. The topological polar surface area (TPSA) is 130 Å². The van der Waals surface area contributed by atoms with Gasteiger partial charge in [0.2, 0.25) is 5.91 Å². The Hall–Kier alpha value is -2.90. The van der Waals surface area contributed by atoms with Crippen molar-refractivity contribution >= 4 is 23.3 Å². The average Bonchev–Trinajstić information content (AvgIpc) is 2.28. The average molecular weight is 252 g/mol. The van der Waals surface area contributed by atoms with Crippen LogP contribution in [0.3, 0.4) is 0 Å². The van der Waals surface area contributed by atoms with Crippen LogP contribution in [0.4, 0.5) is 11.4 Å². The van der Waals surface area contributed by atoms with Crippen molar-refractivity contribution in [2.75, 3.05) is 5.32 Å². The largest absolute Gasteiger partial charge is 0.508 e. The zero-order valence-corrected chi connectivity index (χ0v) is 8.86. The molecule has 0 heterocycles. The van der Waals surface area contributed by atoms with Gasteiger partial charge in [-0.15, -0.1) is 0 Å². The molecule has 0 fully saturated rings. The van der Waals surface area contributed by atoms with E-state index in [4.69, 9.17) is 10.2 Å². The van der Waals surface area contributed by atoms with E-state index in [1.807, 2.05) is 0 Å². The standard InChI is InChI=1S/C10H8N2O6/c13-6-1-2-7(8(5-6)12(17)18)11-9(14)3-4-10(15)16/h1-5,13H,(H,11,14)(H,15,16)/b4-3+. The Bertz CT molecular complexity index is 537. The van der Waals surface area contributed by atoms with Crippen LogP contribution in [0.25, 0.3) is 0 Å². The van der Waals surface area contributed by atoms with Crippen LogP contribution in [0.15, 0.2) is 30.4 Å². The Morgan fingerprint density at radius 2 is 2.00 bits per heavy atom. The highest BCUT2D eigenvalue weighted by Crippen LogP contribution is 2.28.